The molecule has 5 heterocycles. The van der Waals surface area contributed by atoms with Crippen LogP contribution in [0.1, 0.15) is 102 Å². The Labute approximate surface area is 402 Å². The van der Waals surface area contributed by atoms with Crippen LogP contribution in [0, 0.1) is 27.3 Å². The zero-order valence-electron chi connectivity index (χ0n) is 39.6. The number of carbonyl (C=O) groups excluding carboxylic acids is 1. The number of hydrogen-bond donors (Lipinski definition) is 4. The zero-order chi connectivity index (χ0) is 48.5. The van der Waals surface area contributed by atoms with Gasteiger partial charge in [0.2, 0.25) is 0 Å². The standard InChI is InChI=1S/C51H64FN7O9S/c1-33(2)38-9-4-5-10-39(38)40-11-6-12-44(40)58-31-51(32-58)19-22-57(23-20-51)21-7-8-35(28-67-46-25-41-42(52)27-54-47(41)55-49(46)68-36-29-66-30-36)48(60)56-69(64,65)37-13-14-43(45(24-37)59(62)63)53-26-34-15-17-50(3,61)18-16-34/h4-5,7-10,13-14,21,24-25,27,33-34,36,40,44,53,61H,6,11-12,15-20,22-23,26,28-32H2,1-3H3,(H,54,55)(H,56,60)/b21-7+,35-8+/t34-,40-,44-,50-/m1/s1. The van der Waals surface area contributed by atoms with Crippen LogP contribution in [0.3, 0.4) is 0 Å². The van der Waals surface area contributed by atoms with Crippen LogP contribution < -0.4 is 19.5 Å². The average Bonchev–Trinajstić information content (AvgIpc) is 3.93. The van der Waals surface area contributed by atoms with E-state index < -0.39 is 49.5 Å². The Bertz CT molecular complexity index is 2690. The number of aromatic amines is 1. The summed E-state index contributed by atoms with van der Waals surface area (Å²) in [5.74, 6) is -0.305. The molecule has 1 spiro atoms. The topological polar surface area (TPSA) is 201 Å². The molecular formula is C51H64FN7O9S. The van der Waals surface area contributed by atoms with E-state index in [0.717, 1.165) is 64.1 Å². The van der Waals surface area contributed by atoms with Crippen molar-refractivity contribution in [3.63, 3.8) is 0 Å². The molecule has 2 aliphatic carbocycles. The Hall–Kier alpha value is -5.56. The number of fused-ring (bicyclic) bond motifs is 1. The van der Waals surface area contributed by atoms with Crippen molar-refractivity contribution in [2.24, 2.45) is 11.3 Å². The minimum atomic E-state index is -4.65. The van der Waals surface area contributed by atoms with Crippen LogP contribution in [-0.4, -0.2) is 114 Å². The van der Waals surface area contributed by atoms with Gasteiger partial charge >= 0.3 is 0 Å². The molecule has 4 aromatic rings. The number of hydrogen-bond acceptors (Lipinski definition) is 13. The highest BCUT2D eigenvalue weighted by molar-refractivity contribution is 7.90. The number of nitrogens with zero attached hydrogens (tertiary/aromatic N) is 4. The molecule has 0 radical (unpaired) electrons. The van der Waals surface area contributed by atoms with E-state index in [1.807, 2.05) is 6.20 Å². The van der Waals surface area contributed by atoms with E-state index >= 15 is 0 Å². The molecule has 3 aliphatic heterocycles. The monoisotopic (exact) mass is 969 g/mol. The molecule has 4 N–H and O–H groups in total. The van der Waals surface area contributed by atoms with Gasteiger partial charge < -0.3 is 34.5 Å². The van der Waals surface area contributed by atoms with E-state index in [-0.39, 0.29) is 51.4 Å². The van der Waals surface area contributed by atoms with Gasteiger partial charge in [0.05, 0.1) is 39.6 Å². The second-order valence-corrected chi connectivity index (χ2v) is 22.1. The number of anilines is 1. The molecule has 1 amide bonds. The first-order valence-electron chi connectivity index (χ1n) is 24.4. The lowest BCUT2D eigenvalue weighted by Gasteiger charge is -2.57. The number of aliphatic hydroxyl groups is 1. The number of carbonyl (C=O) groups is 1. The van der Waals surface area contributed by atoms with Crippen LogP contribution >= 0.6 is 0 Å². The first-order valence-corrected chi connectivity index (χ1v) is 25.8. The third kappa shape index (κ3) is 10.9. The van der Waals surface area contributed by atoms with Crippen molar-refractivity contribution in [3.8, 4) is 11.6 Å². The summed E-state index contributed by atoms with van der Waals surface area (Å²) in [6.07, 6.45) is 14.3. The van der Waals surface area contributed by atoms with Gasteiger partial charge in [-0.1, -0.05) is 44.5 Å². The average molecular weight is 970 g/mol. The third-order valence-electron chi connectivity index (χ3n) is 15.1. The van der Waals surface area contributed by atoms with Gasteiger partial charge in [-0.05, 0) is 129 Å². The van der Waals surface area contributed by atoms with Crippen LogP contribution in [0.5, 0.6) is 11.6 Å². The molecule has 370 valence electrons. The van der Waals surface area contributed by atoms with Crippen molar-refractivity contribution in [2.45, 2.75) is 113 Å². The molecule has 2 aromatic heterocycles. The van der Waals surface area contributed by atoms with Gasteiger partial charge in [-0.2, -0.15) is 4.98 Å². The molecule has 5 aliphatic rings. The van der Waals surface area contributed by atoms with Gasteiger partial charge in [-0.25, -0.2) is 17.5 Å². The number of pyridine rings is 1. The number of nitro groups is 1. The fraction of sp³-hybridized carbons (Fsp3) is 0.529. The summed E-state index contributed by atoms with van der Waals surface area (Å²) in [6.45, 7) is 10.8. The molecule has 2 aromatic carbocycles. The highest BCUT2D eigenvalue weighted by Crippen LogP contribution is 2.48. The predicted molar refractivity (Wildman–Crippen MR) is 259 cm³/mol. The number of allylic oxidation sites excluding steroid dienone is 2. The largest absolute Gasteiger partial charge is 0.483 e. The summed E-state index contributed by atoms with van der Waals surface area (Å²) in [5.41, 5.74) is 2.31. The van der Waals surface area contributed by atoms with E-state index in [2.05, 4.69) is 67.9 Å². The van der Waals surface area contributed by atoms with Crippen LogP contribution in [-0.2, 0) is 19.6 Å². The second-order valence-electron chi connectivity index (χ2n) is 20.4. The maximum Gasteiger partial charge on any atom is 0.293 e. The van der Waals surface area contributed by atoms with Gasteiger partial charge in [0.15, 0.2) is 5.75 Å². The maximum absolute atomic E-state index is 14.8. The highest BCUT2D eigenvalue weighted by atomic mass is 32.2. The van der Waals surface area contributed by atoms with E-state index in [1.165, 1.54) is 54.7 Å². The van der Waals surface area contributed by atoms with Crippen molar-refractivity contribution >= 4 is 38.3 Å². The molecule has 5 fully saturated rings. The SMILES string of the molecule is CC(C)c1ccccc1[C@H]1CCC[C@H]1N1CC2(CCN(/C=C/C=C(\COc3cc4c(F)c[nH]c4nc3OC3COC3)C(=O)NS(=O)(=O)c3ccc(NC[C@H]4CC[C@](C)(O)CC4)c([N+](=O)[O-])c3)CC2)C1. The van der Waals surface area contributed by atoms with E-state index in [4.69, 9.17) is 14.2 Å². The van der Waals surface area contributed by atoms with Gasteiger partial charge in [0, 0.05) is 51.0 Å². The van der Waals surface area contributed by atoms with Crippen molar-refractivity contribution in [3.05, 3.63) is 106 Å². The van der Waals surface area contributed by atoms with Crippen molar-refractivity contribution in [1.29, 1.82) is 0 Å². The molecule has 18 heteroatoms. The van der Waals surface area contributed by atoms with Crippen LogP contribution in [0.4, 0.5) is 15.8 Å². The molecule has 3 saturated heterocycles. The number of likely N-dealkylation sites (tertiary alicyclic amines) is 2. The van der Waals surface area contributed by atoms with E-state index in [9.17, 15) is 32.8 Å². The van der Waals surface area contributed by atoms with Gasteiger partial charge in [0.25, 0.3) is 27.5 Å². The van der Waals surface area contributed by atoms with E-state index in [1.54, 1.807) is 13.0 Å². The summed E-state index contributed by atoms with van der Waals surface area (Å²) < 4.78 is 61.8. The number of amides is 1. The van der Waals surface area contributed by atoms with Crippen molar-refractivity contribution in [1.82, 2.24) is 24.5 Å². The Morgan fingerprint density at radius 3 is 2.55 bits per heavy atom. The lowest BCUT2D eigenvalue weighted by molar-refractivity contribution is -0.384. The summed E-state index contributed by atoms with van der Waals surface area (Å²) >= 11 is 0. The van der Waals surface area contributed by atoms with Gasteiger partial charge in [-0.3, -0.25) is 19.8 Å². The number of H-pyrrole nitrogens is 1. The Morgan fingerprint density at radius 2 is 1.84 bits per heavy atom. The first-order chi connectivity index (χ1) is 33.1. The van der Waals surface area contributed by atoms with Gasteiger partial charge in [0.1, 0.15) is 29.9 Å². The number of piperidine rings is 1. The summed E-state index contributed by atoms with van der Waals surface area (Å²) in [5, 5.41) is 25.8. The summed E-state index contributed by atoms with van der Waals surface area (Å²) in [7, 11) is -4.65. The Kier molecular flexibility index (Phi) is 14.1. The molecule has 0 bridgehead atoms. The molecule has 16 nitrogen and oxygen atoms in total. The third-order valence-corrected chi connectivity index (χ3v) is 16.4. The fourth-order valence-electron chi connectivity index (χ4n) is 10.8. The fourth-order valence-corrected chi connectivity index (χ4v) is 11.9. The predicted octanol–water partition coefficient (Wildman–Crippen LogP) is 7.92. The minimum absolute atomic E-state index is 0.0275. The molecule has 2 atom stereocenters. The number of sulfonamides is 1. The molecular weight excluding hydrogens is 906 g/mol. The quantitative estimate of drug-likeness (QED) is 0.0345. The number of rotatable bonds is 17. The summed E-state index contributed by atoms with van der Waals surface area (Å²) in [4.78, 5) is 37.2. The lowest BCUT2D eigenvalue weighted by Crippen LogP contribution is -2.63. The number of nitro benzene ring substituents is 1. The normalized spacial score (nSPS) is 24.4. The number of halogens is 1. The van der Waals surface area contributed by atoms with E-state index in [0.29, 0.717) is 50.5 Å². The van der Waals surface area contributed by atoms with Crippen molar-refractivity contribution in [2.75, 3.05) is 57.9 Å². The van der Waals surface area contributed by atoms with Crippen LogP contribution in [0.25, 0.3) is 11.0 Å². The first kappa shape index (κ1) is 48.5. The van der Waals surface area contributed by atoms with Crippen molar-refractivity contribution < 1.29 is 41.8 Å². The summed E-state index contributed by atoms with van der Waals surface area (Å²) in [6, 6.07) is 14.4. The van der Waals surface area contributed by atoms with Gasteiger partial charge in [-0.15, -0.1) is 0 Å². The number of benzene rings is 2. The smallest absolute Gasteiger partial charge is 0.293 e. The van der Waals surface area contributed by atoms with Crippen LogP contribution in [0.2, 0.25) is 0 Å². The zero-order valence-corrected chi connectivity index (χ0v) is 40.4. The highest BCUT2D eigenvalue weighted by Gasteiger charge is 2.49. The van der Waals surface area contributed by atoms with Crippen LogP contribution in [0.15, 0.2) is 83.5 Å². The molecule has 2 saturated carbocycles. The number of ether oxygens (including phenoxy) is 3. The molecule has 0 unspecified atom stereocenters. The molecule has 69 heavy (non-hydrogen) atoms. The number of aromatic nitrogens is 2. The maximum atomic E-state index is 14.8. The lowest BCUT2D eigenvalue weighted by atomic mass is 9.70. The Morgan fingerprint density at radius 1 is 1.09 bits per heavy atom. The Balaban J connectivity index is 0.887. The number of nitrogens with one attached hydrogen (secondary N) is 3. The second kappa shape index (κ2) is 20.0. The molecule has 9 rings (SSSR count). The minimum Gasteiger partial charge on any atom is -0.483 e.